The van der Waals surface area contributed by atoms with E-state index in [1.165, 1.54) is 30.5 Å². The van der Waals surface area contributed by atoms with Crippen LogP contribution < -0.4 is 4.74 Å². The third-order valence-electron chi connectivity index (χ3n) is 4.63. The van der Waals surface area contributed by atoms with Crippen LogP contribution in [0.3, 0.4) is 0 Å². The summed E-state index contributed by atoms with van der Waals surface area (Å²) in [6, 6.07) is 16.7. The number of rotatable bonds is 4. The number of nitrogens with zero attached hydrogens (tertiary/aromatic N) is 1. The fraction of sp³-hybridized carbons (Fsp3) is 0.0870. The Labute approximate surface area is 174 Å². The molecular weight excluding hydrogens is 418 g/mol. The molecule has 1 heterocycles. The van der Waals surface area contributed by atoms with Gasteiger partial charge >= 0.3 is 6.18 Å². The van der Waals surface area contributed by atoms with Crippen molar-refractivity contribution >= 4 is 22.5 Å². The van der Waals surface area contributed by atoms with Crippen molar-refractivity contribution < 1.29 is 22.3 Å². The summed E-state index contributed by atoms with van der Waals surface area (Å²) in [6.07, 6.45) is -3.14. The van der Waals surface area contributed by atoms with E-state index in [0.717, 1.165) is 6.07 Å². The van der Waals surface area contributed by atoms with E-state index in [0.29, 0.717) is 27.8 Å². The number of aromatic nitrogens is 1. The Morgan fingerprint density at radius 2 is 1.73 bits per heavy atom. The van der Waals surface area contributed by atoms with Crippen molar-refractivity contribution in [2.24, 2.45) is 0 Å². The molecule has 4 rings (SSSR count). The fourth-order valence-electron chi connectivity index (χ4n) is 3.21. The highest BCUT2D eigenvalue weighted by Crippen LogP contribution is 2.37. The zero-order chi connectivity index (χ0) is 21.3. The maximum Gasteiger partial charge on any atom is 0.418 e. The Kier molecular flexibility index (Phi) is 5.35. The molecule has 0 unspecified atom stereocenters. The van der Waals surface area contributed by atoms with E-state index in [1.54, 1.807) is 36.4 Å². The summed E-state index contributed by atoms with van der Waals surface area (Å²) < 4.78 is 59.0. The van der Waals surface area contributed by atoms with Crippen molar-refractivity contribution in [3.63, 3.8) is 0 Å². The zero-order valence-corrected chi connectivity index (χ0v) is 16.1. The monoisotopic (exact) mass is 431 g/mol. The number of pyridine rings is 1. The average Bonchev–Trinajstić information content (AvgIpc) is 2.72. The molecule has 0 aliphatic heterocycles. The molecule has 0 saturated carbocycles. The molecule has 30 heavy (non-hydrogen) atoms. The minimum Gasteiger partial charge on any atom is -0.489 e. The molecule has 0 atom stereocenters. The van der Waals surface area contributed by atoms with Gasteiger partial charge in [0.1, 0.15) is 18.2 Å². The summed E-state index contributed by atoms with van der Waals surface area (Å²) in [5, 5.41) is 0.650. The molecule has 0 bridgehead atoms. The molecule has 7 heteroatoms. The van der Waals surface area contributed by atoms with Gasteiger partial charge in [-0.25, -0.2) is 4.39 Å². The molecule has 0 N–H and O–H groups in total. The number of halogens is 5. The molecule has 0 fully saturated rings. The van der Waals surface area contributed by atoms with Crippen LogP contribution in [0.2, 0.25) is 5.02 Å². The lowest BCUT2D eigenvalue weighted by molar-refractivity contribution is -0.136. The van der Waals surface area contributed by atoms with Crippen molar-refractivity contribution in [2.75, 3.05) is 0 Å². The summed E-state index contributed by atoms with van der Waals surface area (Å²) >= 11 is 6.02. The number of hydrogen-bond acceptors (Lipinski definition) is 2. The molecule has 0 saturated heterocycles. The lowest BCUT2D eigenvalue weighted by Crippen LogP contribution is -2.06. The number of alkyl halides is 3. The van der Waals surface area contributed by atoms with Crippen molar-refractivity contribution in [1.82, 2.24) is 4.98 Å². The second-order valence-electron chi connectivity index (χ2n) is 6.61. The van der Waals surface area contributed by atoms with Gasteiger partial charge < -0.3 is 4.74 Å². The van der Waals surface area contributed by atoms with Crippen LogP contribution in [0, 0.1) is 5.82 Å². The number of benzene rings is 3. The Balaban J connectivity index is 1.68. The third kappa shape index (κ3) is 4.09. The Bertz CT molecular complexity index is 1220. The normalized spacial score (nSPS) is 11.6. The van der Waals surface area contributed by atoms with Gasteiger partial charge in [-0.15, -0.1) is 0 Å². The fourth-order valence-corrected chi connectivity index (χ4v) is 3.43. The first kappa shape index (κ1) is 20.2. The van der Waals surface area contributed by atoms with E-state index in [9.17, 15) is 17.6 Å². The molecule has 0 aliphatic carbocycles. The molecule has 0 amide bonds. The quantitative estimate of drug-likeness (QED) is 0.316. The van der Waals surface area contributed by atoms with E-state index in [1.807, 2.05) is 0 Å². The number of para-hydroxylation sites is 1. The predicted octanol–water partition coefficient (Wildman–Crippen LogP) is 7.29. The molecule has 4 aromatic rings. The van der Waals surface area contributed by atoms with Gasteiger partial charge in [0.15, 0.2) is 0 Å². The van der Waals surface area contributed by atoms with E-state index < -0.39 is 17.6 Å². The topological polar surface area (TPSA) is 22.1 Å². The van der Waals surface area contributed by atoms with Crippen LogP contribution in [-0.2, 0) is 12.8 Å². The van der Waals surface area contributed by atoms with Crippen LogP contribution in [0.4, 0.5) is 17.6 Å². The third-order valence-corrected chi connectivity index (χ3v) is 4.98. The minimum absolute atomic E-state index is 0.105. The Hall–Kier alpha value is -3.12. The molecule has 3 aromatic carbocycles. The maximum absolute atomic E-state index is 13.3. The van der Waals surface area contributed by atoms with Crippen LogP contribution in [0.15, 0.2) is 72.9 Å². The van der Waals surface area contributed by atoms with E-state index in [4.69, 9.17) is 16.3 Å². The molecule has 2 nitrogen and oxygen atoms in total. The van der Waals surface area contributed by atoms with Crippen LogP contribution in [0.1, 0.15) is 11.1 Å². The van der Waals surface area contributed by atoms with Gasteiger partial charge in [-0.1, -0.05) is 41.9 Å². The molecule has 0 radical (unpaired) electrons. The second kappa shape index (κ2) is 7.95. The highest BCUT2D eigenvalue weighted by Gasteiger charge is 2.33. The largest absolute Gasteiger partial charge is 0.489 e. The lowest BCUT2D eigenvalue weighted by atomic mass is 9.99. The second-order valence-corrected chi connectivity index (χ2v) is 7.02. The standard InChI is InChI=1S/C23H14ClF4NO/c24-21-12-16(25)8-7-15(21)13-30-17-4-1-3-14(11-17)18-9-10-29-22-19(18)5-2-6-20(22)23(26,27)28/h1-12H,13H2. The average molecular weight is 432 g/mol. The predicted molar refractivity (Wildman–Crippen MR) is 108 cm³/mol. The van der Waals surface area contributed by atoms with Crippen molar-refractivity contribution in [2.45, 2.75) is 12.8 Å². The summed E-state index contributed by atoms with van der Waals surface area (Å²) in [5.41, 5.74) is 1.03. The van der Waals surface area contributed by atoms with Gasteiger partial charge in [0.05, 0.1) is 16.1 Å². The number of ether oxygens (including phenoxy) is 1. The maximum atomic E-state index is 13.3. The van der Waals surface area contributed by atoms with Crippen LogP contribution in [0.5, 0.6) is 5.75 Å². The first-order valence-electron chi connectivity index (χ1n) is 8.95. The zero-order valence-electron chi connectivity index (χ0n) is 15.4. The van der Waals surface area contributed by atoms with Gasteiger partial charge in [-0.2, -0.15) is 13.2 Å². The molecular formula is C23H14ClF4NO. The summed E-state index contributed by atoms with van der Waals surface area (Å²) in [4.78, 5) is 3.95. The van der Waals surface area contributed by atoms with Gasteiger partial charge in [-0.3, -0.25) is 4.98 Å². The van der Waals surface area contributed by atoms with E-state index in [-0.39, 0.29) is 17.1 Å². The summed E-state index contributed by atoms with van der Waals surface area (Å²) in [7, 11) is 0. The first-order valence-corrected chi connectivity index (χ1v) is 9.33. The number of fused-ring (bicyclic) bond motifs is 1. The van der Waals surface area contributed by atoms with Crippen LogP contribution in [-0.4, -0.2) is 4.98 Å². The highest BCUT2D eigenvalue weighted by molar-refractivity contribution is 6.31. The van der Waals surface area contributed by atoms with E-state index in [2.05, 4.69) is 4.98 Å². The van der Waals surface area contributed by atoms with Gasteiger partial charge in [-0.05, 0) is 47.5 Å². The van der Waals surface area contributed by atoms with Crippen molar-refractivity contribution in [3.05, 3.63) is 94.9 Å². The van der Waals surface area contributed by atoms with Crippen molar-refractivity contribution in [3.8, 4) is 16.9 Å². The molecule has 152 valence electrons. The van der Waals surface area contributed by atoms with E-state index >= 15 is 0 Å². The minimum atomic E-state index is -4.50. The Morgan fingerprint density at radius 1 is 0.933 bits per heavy atom. The van der Waals surface area contributed by atoms with Gasteiger partial charge in [0.25, 0.3) is 0 Å². The van der Waals surface area contributed by atoms with Crippen LogP contribution >= 0.6 is 11.6 Å². The highest BCUT2D eigenvalue weighted by atomic mass is 35.5. The van der Waals surface area contributed by atoms with Crippen LogP contribution in [0.25, 0.3) is 22.0 Å². The number of hydrogen-bond donors (Lipinski definition) is 0. The van der Waals surface area contributed by atoms with Gasteiger partial charge in [0, 0.05) is 17.1 Å². The SMILES string of the molecule is Fc1ccc(COc2cccc(-c3ccnc4c(C(F)(F)F)cccc34)c2)c(Cl)c1. The summed E-state index contributed by atoms with van der Waals surface area (Å²) in [6.45, 7) is 0.123. The molecule has 0 aliphatic rings. The first-order chi connectivity index (χ1) is 14.3. The smallest absolute Gasteiger partial charge is 0.418 e. The van der Waals surface area contributed by atoms with Crippen molar-refractivity contribution in [1.29, 1.82) is 0 Å². The summed E-state index contributed by atoms with van der Waals surface area (Å²) in [5.74, 6) is 0.0679. The molecule has 0 spiro atoms. The lowest BCUT2D eigenvalue weighted by Gasteiger charge is -2.13. The molecule has 1 aromatic heterocycles. The van der Waals surface area contributed by atoms with Gasteiger partial charge in [0.2, 0.25) is 0 Å². The Morgan fingerprint density at radius 3 is 2.50 bits per heavy atom.